The largest absolute Gasteiger partial charge is 0.486 e. The number of amides is 1. The molecule has 0 saturated heterocycles. The SMILES string of the molecule is CN(CCCC(=O)O)C(=O)Cn1c(COc2ccccc2)nc2ccccc21. The van der Waals surface area contributed by atoms with Gasteiger partial charge in [-0.25, -0.2) is 4.98 Å². The van der Waals surface area contributed by atoms with E-state index in [9.17, 15) is 9.59 Å². The maximum atomic E-state index is 12.6. The Morgan fingerprint density at radius 1 is 1.11 bits per heavy atom. The van der Waals surface area contributed by atoms with E-state index < -0.39 is 5.97 Å². The summed E-state index contributed by atoms with van der Waals surface area (Å²) in [7, 11) is 1.68. The number of carbonyl (C=O) groups is 2. The van der Waals surface area contributed by atoms with E-state index in [1.165, 1.54) is 0 Å². The van der Waals surface area contributed by atoms with Gasteiger partial charge >= 0.3 is 5.97 Å². The number of aromatic nitrogens is 2. The van der Waals surface area contributed by atoms with Crippen LogP contribution in [0.3, 0.4) is 0 Å². The van der Waals surface area contributed by atoms with Crippen molar-refractivity contribution < 1.29 is 19.4 Å². The summed E-state index contributed by atoms with van der Waals surface area (Å²) >= 11 is 0. The summed E-state index contributed by atoms with van der Waals surface area (Å²) in [6.07, 6.45) is 0.466. The molecule has 1 aromatic heterocycles. The molecular weight excluding hydrogens is 358 g/mol. The molecule has 1 N–H and O–H groups in total. The van der Waals surface area contributed by atoms with Crippen molar-refractivity contribution in [3.63, 3.8) is 0 Å². The van der Waals surface area contributed by atoms with Crippen LogP contribution in [0.4, 0.5) is 0 Å². The van der Waals surface area contributed by atoms with Crippen LogP contribution in [0.5, 0.6) is 5.75 Å². The summed E-state index contributed by atoms with van der Waals surface area (Å²) in [5.74, 6) is 0.437. The quantitative estimate of drug-likeness (QED) is 0.616. The van der Waals surface area contributed by atoms with Gasteiger partial charge in [-0.3, -0.25) is 9.59 Å². The average Bonchev–Trinajstić information content (AvgIpc) is 3.04. The van der Waals surface area contributed by atoms with Gasteiger partial charge in [0.05, 0.1) is 11.0 Å². The van der Waals surface area contributed by atoms with E-state index in [2.05, 4.69) is 4.98 Å². The predicted octanol–water partition coefficient (Wildman–Crippen LogP) is 2.94. The highest BCUT2D eigenvalue weighted by Crippen LogP contribution is 2.18. The number of aliphatic carboxylic acids is 1. The third-order valence-corrected chi connectivity index (χ3v) is 4.45. The van der Waals surface area contributed by atoms with E-state index in [4.69, 9.17) is 9.84 Å². The first-order valence-corrected chi connectivity index (χ1v) is 9.12. The molecule has 3 aromatic rings. The van der Waals surface area contributed by atoms with Crippen LogP contribution in [0, 0.1) is 0 Å². The number of imidazole rings is 1. The Bertz CT molecular complexity index is 953. The molecule has 3 rings (SSSR count). The van der Waals surface area contributed by atoms with Crippen molar-refractivity contribution in [1.82, 2.24) is 14.5 Å². The van der Waals surface area contributed by atoms with Crippen LogP contribution in [-0.4, -0.2) is 45.0 Å². The van der Waals surface area contributed by atoms with Crippen molar-refractivity contribution in [1.29, 1.82) is 0 Å². The second-order valence-corrected chi connectivity index (χ2v) is 6.52. The van der Waals surface area contributed by atoms with Gasteiger partial charge in [-0.1, -0.05) is 30.3 Å². The average molecular weight is 381 g/mol. The van der Waals surface area contributed by atoms with Crippen LogP contribution in [0.1, 0.15) is 18.7 Å². The minimum absolute atomic E-state index is 0.0434. The molecule has 0 bridgehead atoms. The second kappa shape index (κ2) is 9.03. The molecule has 146 valence electrons. The summed E-state index contributed by atoms with van der Waals surface area (Å²) in [6, 6.07) is 17.1. The summed E-state index contributed by atoms with van der Waals surface area (Å²) in [6.45, 7) is 0.764. The van der Waals surface area contributed by atoms with E-state index in [-0.39, 0.29) is 25.5 Å². The van der Waals surface area contributed by atoms with E-state index in [0.29, 0.717) is 18.8 Å². The maximum absolute atomic E-state index is 12.6. The van der Waals surface area contributed by atoms with Gasteiger partial charge in [-0.05, 0) is 30.7 Å². The molecule has 1 heterocycles. The van der Waals surface area contributed by atoms with Crippen molar-refractivity contribution in [3.8, 4) is 5.75 Å². The Balaban J connectivity index is 1.74. The van der Waals surface area contributed by atoms with Gasteiger partial charge in [0.25, 0.3) is 0 Å². The zero-order valence-corrected chi connectivity index (χ0v) is 15.7. The topological polar surface area (TPSA) is 84.7 Å². The Labute approximate surface area is 163 Å². The number of para-hydroxylation sites is 3. The Morgan fingerprint density at radius 2 is 1.82 bits per heavy atom. The van der Waals surface area contributed by atoms with Gasteiger partial charge in [-0.15, -0.1) is 0 Å². The van der Waals surface area contributed by atoms with Crippen molar-refractivity contribution >= 4 is 22.9 Å². The first-order valence-electron chi connectivity index (χ1n) is 9.12. The van der Waals surface area contributed by atoms with Gasteiger partial charge in [0.2, 0.25) is 5.91 Å². The lowest BCUT2D eigenvalue weighted by Crippen LogP contribution is -2.32. The summed E-state index contributed by atoms with van der Waals surface area (Å²) in [4.78, 5) is 29.5. The van der Waals surface area contributed by atoms with Crippen LogP contribution < -0.4 is 4.74 Å². The molecule has 7 heteroatoms. The molecule has 2 aromatic carbocycles. The van der Waals surface area contributed by atoms with E-state index in [0.717, 1.165) is 16.8 Å². The number of benzene rings is 2. The molecule has 1 amide bonds. The Kier molecular flexibility index (Phi) is 6.26. The predicted molar refractivity (Wildman–Crippen MR) is 105 cm³/mol. The van der Waals surface area contributed by atoms with E-state index in [1.807, 2.05) is 59.2 Å². The third-order valence-electron chi connectivity index (χ3n) is 4.45. The maximum Gasteiger partial charge on any atom is 0.303 e. The molecule has 0 fully saturated rings. The summed E-state index contributed by atoms with van der Waals surface area (Å²) < 4.78 is 7.68. The lowest BCUT2D eigenvalue weighted by atomic mass is 10.3. The molecule has 0 aliphatic heterocycles. The van der Waals surface area contributed by atoms with Crippen LogP contribution in [0.15, 0.2) is 54.6 Å². The van der Waals surface area contributed by atoms with Crippen LogP contribution in [0.2, 0.25) is 0 Å². The van der Waals surface area contributed by atoms with Crippen LogP contribution >= 0.6 is 0 Å². The monoisotopic (exact) mass is 381 g/mol. The number of nitrogens with zero attached hydrogens (tertiary/aromatic N) is 3. The third kappa shape index (κ3) is 4.88. The Hall–Kier alpha value is -3.35. The molecule has 0 aliphatic carbocycles. The van der Waals surface area contributed by atoms with Gasteiger partial charge < -0.3 is 19.3 Å². The summed E-state index contributed by atoms with van der Waals surface area (Å²) in [5, 5.41) is 8.75. The van der Waals surface area contributed by atoms with Gasteiger partial charge in [0.15, 0.2) is 0 Å². The number of carbonyl (C=O) groups excluding carboxylic acids is 1. The number of carboxylic acid groups (broad SMARTS) is 1. The van der Waals surface area contributed by atoms with Crippen molar-refractivity contribution in [2.75, 3.05) is 13.6 Å². The van der Waals surface area contributed by atoms with E-state index in [1.54, 1.807) is 11.9 Å². The minimum atomic E-state index is -0.859. The second-order valence-electron chi connectivity index (χ2n) is 6.52. The fraction of sp³-hybridized carbons (Fsp3) is 0.286. The Morgan fingerprint density at radius 3 is 2.57 bits per heavy atom. The standard InChI is InChI=1S/C21H23N3O4/c1-23(13-7-12-21(26)27)20(25)14-24-18-11-6-5-10-17(18)22-19(24)15-28-16-8-3-2-4-9-16/h2-6,8-11H,7,12-15H2,1H3,(H,26,27). The molecule has 0 aliphatic rings. The smallest absolute Gasteiger partial charge is 0.303 e. The fourth-order valence-corrected chi connectivity index (χ4v) is 2.92. The number of rotatable bonds is 9. The number of likely N-dealkylation sites (N-methyl/N-ethyl adjacent to an activating group) is 1. The first kappa shape index (κ1) is 19.4. The number of fused-ring (bicyclic) bond motifs is 1. The molecule has 0 spiro atoms. The highest BCUT2D eigenvalue weighted by atomic mass is 16.5. The summed E-state index contributed by atoms with van der Waals surface area (Å²) in [5.41, 5.74) is 1.66. The van der Waals surface area contributed by atoms with Gasteiger partial charge in [0.1, 0.15) is 24.7 Å². The highest BCUT2D eigenvalue weighted by Gasteiger charge is 2.16. The van der Waals surface area contributed by atoms with Crippen molar-refractivity contribution in [3.05, 3.63) is 60.4 Å². The number of ether oxygens (including phenoxy) is 1. The van der Waals surface area contributed by atoms with Crippen LogP contribution in [-0.2, 0) is 22.7 Å². The van der Waals surface area contributed by atoms with Crippen molar-refractivity contribution in [2.45, 2.75) is 26.0 Å². The number of hydrogen-bond donors (Lipinski definition) is 1. The normalized spacial score (nSPS) is 10.8. The minimum Gasteiger partial charge on any atom is -0.486 e. The fourth-order valence-electron chi connectivity index (χ4n) is 2.92. The molecular formula is C21H23N3O4. The molecule has 7 nitrogen and oxygen atoms in total. The lowest BCUT2D eigenvalue weighted by Gasteiger charge is -2.18. The highest BCUT2D eigenvalue weighted by molar-refractivity contribution is 5.81. The van der Waals surface area contributed by atoms with Crippen LogP contribution in [0.25, 0.3) is 11.0 Å². The van der Waals surface area contributed by atoms with Gasteiger partial charge in [0, 0.05) is 20.0 Å². The lowest BCUT2D eigenvalue weighted by molar-refractivity contribution is -0.138. The zero-order chi connectivity index (χ0) is 19.9. The zero-order valence-electron chi connectivity index (χ0n) is 15.7. The molecule has 0 radical (unpaired) electrons. The number of hydrogen-bond acceptors (Lipinski definition) is 4. The molecule has 0 saturated carbocycles. The number of carboxylic acids is 1. The van der Waals surface area contributed by atoms with Gasteiger partial charge in [-0.2, -0.15) is 0 Å². The molecule has 28 heavy (non-hydrogen) atoms. The molecule has 0 atom stereocenters. The van der Waals surface area contributed by atoms with E-state index >= 15 is 0 Å². The van der Waals surface area contributed by atoms with Crippen molar-refractivity contribution in [2.24, 2.45) is 0 Å². The molecule has 0 unspecified atom stereocenters. The first-order chi connectivity index (χ1) is 13.5.